The molecule has 3 N–H and O–H groups in total. The molecule has 3 rings (SSSR count). The topological polar surface area (TPSA) is 56.9 Å². The van der Waals surface area contributed by atoms with Gasteiger partial charge in [0.15, 0.2) is 5.96 Å². The number of guanidine groups is 1. The molecular weight excluding hydrogens is 346 g/mol. The minimum absolute atomic E-state index is 0.458. The highest BCUT2D eigenvalue weighted by Gasteiger charge is 2.16. The largest absolute Gasteiger partial charge is 0.370 e. The molecule has 5 heteroatoms. The number of piperazine rings is 1. The lowest BCUT2D eigenvalue weighted by Crippen LogP contribution is -2.45. The lowest BCUT2D eigenvalue weighted by molar-refractivity contribution is 0.131. The van der Waals surface area contributed by atoms with E-state index in [4.69, 9.17) is 5.73 Å². The van der Waals surface area contributed by atoms with Gasteiger partial charge in [-0.15, -0.1) is 0 Å². The third kappa shape index (κ3) is 5.81. The molecule has 28 heavy (non-hydrogen) atoms. The third-order valence-electron chi connectivity index (χ3n) is 5.45. The predicted molar refractivity (Wildman–Crippen MR) is 119 cm³/mol. The summed E-state index contributed by atoms with van der Waals surface area (Å²) in [4.78, 5) is 9.62. The first-order valence-electron chi connectivity index (χ1n) is 10.3. The van der Waals surface area contributed by atoms with Gasteiger partial charge in [-0.3, -0.25) is 4.90 Å². The van der Waals surface area contributed by atoms with Gasteiger partial charge in [0.05, 0.1) is 6.54 Å². The Morgan fingerprint density at radius 1 is 0.964 bits per heavy atom. The van der Waals surface area contributed by atoms with Crippen LogP contribution in [0.25, 0.3) is 0 Å². The molecule has 1 saturated heterocycles. The molecule has 1 heterocycles. The molecule has 5 nitrogen and oxygen atoms in total. The van der Waals surface area contributed by atoms with Crippen LogP contribution in [0, 0.1) is 0 Å². The van der Waals surface area contributed by atoms with Crippen LogP contribution >= 0.6 is 0 Å². The highest BCUT2D eigenvalue weighted by Crippen LogP contribution is 2.15. The van der Waals surface area contributed by atoms with Gasteiger partial charge < -0.3 is 16.0 Å². The van der Waals surface area contributed by atoms with Gasteiger partial charge in [-0.1, -0.05) is 50.2 Å². The maximum Gasteiger partial charge on any atom is 0.193 e. The van der Waals surface area contributed by atoms with E-state index in [2.05, 4.69) is 70.4 Å². The maximum atomic E-state index is 6.13. The van der Waals surface area contributed by atoms with E-state index in [1.54, 1.807) is 0 Å². The van der Waals surface area contributed by atoms with Crippen LogP contribution < -0.4 is 11.1 Å². The minimum Gasteiger partial charge on any atom is -0.370 e. The summed E-state index contributed by atoms with van der Waals surface area (Å²) in [6, 6.07) is 16.9. The maximum absolute atomic E-state index is 6.13. The van der Waals surface area contributed by atoms with Crippen molar-refractivity contribution < 1.29 is 0 Å². The van der Waals surface area contributed by atoms with Crippen molar-refractivity contribution in [1.29, 1.82) is 0 Å². The Morgan fingerprint density at radius 3 is 2.39 bits per heavy atom. The van der Waals surface area contributed by atoms with E-state index in [1.165, 1.54) is 16.7 Å². The van der Waals surface area contributed by atoms with Gasteiger partial charge in [0.2, 0.25) is 0 Å². The monoisotopic (exact) mass is 379 g/mol. The molecule has 0 spiro atoms. The molecule has 1 fully saturated rings. The molecule has 1 aliphatic rings. The fourth-order valence-corrected chi connectivity index (χ4v) is 3.60. The minimum atomic E-state index is 0.458. The van der Waals surface area contributed by atoms with Gasteiger partial charge in [-0.25, -0.2) is 4.99 Å². The molecule has 2 aromatic carbocycles. The standard InChI is InChI=1S/C23H33N5/c1-3-19-8-7-11-22(16-19)26-23(24)25-17-20-9-5-6-10-21(20)18-28-14-12-27(4-2)13-15-28/h5-11,16H,3-4,12-15,17-18H2,1-2H3,(H3,24,25,26). The first kappa shape index (κ1) is 20.4. The summed E-state index contributed by atoms with van der Waals surface area (Å²) in [6.07, 6.45) is 1.01. The van der Waals surface area contributed by atoms with Crippen LogP contribution in [0.1, 0.15) is 30.5 Å². The fourth-order valence-electron chi connectivity index (χ4n) is 3.60. The number of nitrogens with two attached hydrogens (primary N) is 1. The van der Waals surface area contributed by atoms with E-state index in [-0.39, 0.29) is 0 Å². The van der Waals surface area contributed by atoms with Gasteiger partial charge >= 0.3 is 0 Å². The summed E-state index contributed by atoms with van der Waals surface area (Å²) in [6.45, 7) is 11.7. The Balaban J connectivity index is 1.60. The fraction of sp³-hybridized carbons (Fsp3) is 0.435. The van der Waals surface area contributed by atoms with Gasteiger partial charge in [0, 0.05) is 38.4 Å². The van der Waals surface area contributed by atoms with Crippen molar-refractivity contribution >= 4 is 11.6 Å². The average molecular weight is 380 g/mol. The highest BCUT2D eigenvalue weighted by molar-refractivity contribution is 5.92. The normalized spacial score (nSPS) is 16.3. The van der Waals surface area contributed by atoms with E-state index in [0.29, 0.717) is 12.5 Å². The van der Waals surface area contributed by atoms with Gasteiger partial charge in [-0.05, 0) is 41.8 Å². The number of anilines is 1. The van der Waals surface area contributed by atoms with Crippen molar-refractivity contribution in [2.24, 2.45) is 10.7 Å². The Hall–Kier alpha value is -2.37. The highest BCUT2D eigenvalue weighted by atomic mass is 15.3. The van der Waals surface area contributed by atoms with Crippen LogP contribution in [-0.4, -0.2) is 48.5 Å². The van der Waals surface area contributed by atoms with E-state index in [9.17, 15) is 0 Å². The van der Waals surface area contributed by atoms with Crippen molar-refractivity contribution in [3.8, 4) is 0 Å². The summed E-state index contributed by atoms with van der Waals surface area (Å²) < 4.78 is 0. The quantitative estimate of drug-likeness (QED) is 0.572. The number of rotatable bonds is 7. The van der Waals surface area contributed by atoms with Crippen molar-refractivity contribution in [2.45, 2.75) is 33.4 Å². The average Bonchev–Trinajstić information content (AvgIpc) is 2.74. The number of nitrogens with zero attached hydrogens (tertiary/aromatic N) is 3. The van der Waals surface area contributed by atoms with Crippen molar-refractivity contribution in [3.05, 3.63) is 65.2 Å². The van der Waals surface area contributed by atoms with Crippen LogP contribution in [0.4, 0.5) is 5.69 Å². The summed E-state index contributed by atoms with van der Waals surface area (Å²) >= 11 is 0. The Labute approximate surface area is 169 Å². The Kier molecular flexibility index (Phi) is 7.46. The molecule has 150 valence electrons. The van der Waals surface area contributed by atoms with E-state index in [1.807, 2.05) is 12.1 Å². The first-order valence-corrected chi connectivity index (χ1v) is 10.3. The second-order valence-corrected chi connectivity index (χ2v) is 7.36. The molecule has 0 saturated carbocycles. The smallest absolute Gasteiger partial charge is 0.193 e. The van der Waals surface area contributed by atoms with E-state index >= 15 is 0 Å². The lowest BCUT2D eigenvalue weighted by Gasteiger charge is -2.34. The number of hydrogen-bond donors (Lipinski definition) is 2. The van der Waals surface area contributed by atoms with E-state index < -0.39 is 0 Å². The molecule has 2 aromatic rings. The molecule has 0 radical (unpaired) electrons. The van der Waals surface area contributed by atoms with Gasteiger partial charge in [0.25, 0.3) is 0 Å². The number of hydrogen-bond acceptors (Lipinski definition) is 3. The molecule has 0 unspecified atom stereocenters. The molecule has 0 amide bonds. The Bertz CT molecular complexity index is 778. The van der Waals surface area contributed by atoms with Crippen LogP contribution in [0.5, 0.6) is 0 Å². The van der Waals surface area contributed by atoms with Crippen LogP contribution in [-0.2, 0) is 19.5 Å². The van der Waals surface area contributed by atoms with Crippen LogP contribution in [0.15, 0.2) is 53.5 Å². The summed E-state index contributed by atoms with van der Waals surface area (Å²) in [5.74, 6) is 0.458. The zero-order chi connectivity index (χ0) is 19.8. The number of nitrogens with one attached hydrogen (secondary N) is 1. The molecule has 0 aliphatic carbocycles. The Morgan fingerprint density at radius 2 is 1.68 bits per heavy atom. The second kappa shape index (κ2) is 10.2. The third-order valence-corrected chi connectivity index (χ3v) is 5.45. The van der Waals surface area contributed by atoms with Crippen molar-refractivity contribution in [1.82, 2.24) is 9.80 Å². The summed E-state index contributed by atoms with van der Waals surface area (Å²) in [7, 11) is 0. The van der Waals surface area contributed by atoms with Crippen molar-refractivity contribution in [2.75, 3.05) is 38.0 Å². The molecule has 0 bridgehead atoms. The SMILES string of the molecule is CCc1cccc(NC(N)=NCc2ccccc2CN2CCN(CC)CC2)c1. The number of aliphatic imine (C=N–C) groups is 1. The summed E-state index contributed by atoms with van der Waals surface area (Å²) in [5, 5.41) is 3.21. The lowest BCUT2D eigenvalue weighted by atomic mass is 10.1. The number of likely N-dealkylation sites (N-methyl/N-ethyl adjacent to an activating group) is 1. The number of aryl methyl sites for hydroxylation is 1. The second-order valence-electron chi connectivity index (χ2n) is 7.36. The van der Waals surface area contributed by atoms with Crippen LogP contribution in [0.3, 0.4) is 0 Å². The predicted octanol–water partition coefficient (Wildman–Crippen LogP) is 3.31. The van der Waals surface area contributed by atoms with Gasteiger partial charge in [-0.2, -0.15) is 0 Å². The number of benzene rings is 2. The first-order chi connectivity index (χ1) is 13.7. The zero-order valence-corrected chi connectivity index (χ0v) is 17.2. The van der Waals surface area contributed by atoms with Gasteiger partial charge in [0.1, 0.15) is 0 Å². The summed E-state index contributed by atoms with van der Waals surface area (Å²) in [5.41, 5.74) is 11.0. The van der Waals surface area contributed by atoms with Crippen molar-refractivity contribution in [3.63, 3.8) is 0 Å². The molecular formula is C23H33N5. The van der Waals surface area contributed by atoms with E-state index in [0.717, 1.165) is 51.4 Å². The molecule has 1 aliphatic heterocycles. The van der Waals surface area contributed by atoms with Crippen LogP contribution in [0.2, 0.25) is 0 Å². The zero-order valence-electron chi connectivity index (χ0n) is 17.2. The molecule has 0 aromatic heterocycles. The molecule has 0 atom stereocenters.